The Balaban J connectivity index is 2.16. The van der Waals surface area contributed by atoms with E-state index < -0.39 is 31.4 Å². The third-order valence-electron chi connectivity index (χ3n) is 5.34. The van der Waals surface area contributed by atoms with Crippen LogP contribution in [0, 0.1) is 28.9 Å². The van der Waals surface area contributed by atoms with Gasteiger partial charge >= 0.3 is 0 Å². The van der Waals surface area contributed by atoms with E-state index in [-0.39, 0.29) is 35.7 Å². The van der Waals surface area contributed by atoms with Crippen LogP contribution < -0.4 is 14.8 Å². The van der Waals surface area contributed by atoms with Crippen molar-refractivity contribution in [3.8, 4) is 17.3 Å². The van der Waals surface area contributed by atoms with Gasteiger partial charge in [0.25, 0.3) is 11.6 Å². The number of ether oxygens (including phenoxy) is 1. The van der Waals surface area contributed by atoms with Crippen LogP contribution >= 0.6 is 11.6 Å². The molecule has 0 atom stereocenters. The number of hydrogen-bond donors (Lipinski definition) is 2. The largest absolute Gasteiger partial charge is 0.437 e. The topological polar surface area (TPSA) is 145 Å². The van der Waals surface area contributed by atoms with Crippen LogP contribution in [-0.4, -0.2) is 42.1 Å². The lowest BCUT2D eigenvalue weighted by molar-refractivity contribution is -0.385. The van der Waals surface area contributed by atoms with Gasteiger partial charge in [0.15, 0.2) is 5.69 Å². The molecular weight excluding hydrogens is 534 g/mol. The fourth-order valence-corrected chi connectivity index (χ4v) is 4.80. The second-order valence-corrected chi connectivity index (χ2v) is 11.7. The summed E-state index contributed by atoms with van der Waals surface area (Å²) in [6, 6.07) is 9.88. The monoisotopic (exact) mass is 563 g/mol. The third-order valence-corrected chi connectivity index (χ3v) is 7.04. The maximum Gasteiger partial charge on any atom is 0.272 e. The van der Waals surface area contributed by atoms with E-state index >= 15 is 0 Å². The summed E-state index contributed by atoms with van der Waals surface area (Å²) >= 11 is 6.04. The molecule has 1 aromatic heterocycles. The number of nitrogens with zero attached hydrogens (tertiary/aromatic N) is 3. The van der Waals surface area contributed by atoms with Crippen LogP contribution in [0.2, 0.25) is 5.02 Å². The summed E-state index contributed by atoms with van der Waals surface area (Å²) < 4.78 is 36.2. The Morgan fingerprint density at radius 2 is 1.74 bits per heavy atom. The molecule has 0 fully saturated rings. The Hall–Kier alpha value is -3.48. The lowest BCUT2D eigenvalue weighted by atomic mass is 10.2. The highest BCUT2D eigenvalue weighted by molar-refractivity contribution is 7.89. The van der Waals surface area contributed by atoms with E-state index in [1.807, 2.05) is 27.7 Å². The zero-order valence-electron chi connectivity index (χ0n) is 21.7. The molecule has 13 heteroatoms. The van der Waals surface area contributed by atoms with E-state index in [2.05, 4.69) is 15.1 Å². The minimum absolute atomic E-state index is 0.00617. The van der Waals surface area contributed by atoms with E-state index in [0.717, 1.165) is 12.1 Å². The van der Waals surface area contributed by atoms with Crippen LogP contribution in [0.3, 0.4) is 0 Å². The summed E-state index contributed by atoms with van der Waals surface area (Å²) in [5.74, 6) is -0.327. The molecule has 1 heterocycles. The molecule has 0 unspecified atom stereocenters. The summed E-state index contributed by atoms with van der Waals surface area (Å²) in [5.41, 5.74) is 0.511. The van der Waals surface area contributed by atoms with Crippen LogP contribution in [0.1, 0.15) is 43.7 Å². The molecule has 0 saturated heterocycles. The number of hydrogen-bond acceptors (Lipinski definition) is 7. The van der Waals surface area contributed by atoms with Crippen LogP contribution in [0.4, 0.5) is 5.69 Å². The number of sulfonamides is 1. The molecule has 3 rings (SSSR count). The Morgan fingerprint density at radius 1 is 1.11 bits per heavy atom. The number of carbonyl (C=O) groups excluding carboxylic acids is 1. The van der Waals surface area contributed by atoms with Crippen molar-refractivity contribution >= 4 is 33.2 Å². The summed E-state index contributed by atoms with van der Waals surface area (Å²) in [7, 11) is -4.19. The maximum absolute atomic E-state index is 13.1. The highest BCUT2D eigenvalue weighted by Gasteiger charge is 2.28. The second-order valence-electron chi connectivity index (χ2n) is 9.51. The van der Waals surface area contributed by atoms with E-state index in [1.54, 1.807) is 31.2 Å². The molecule has 11 nitrogen and oxygen atoms in total. The Labute approximate surface area is 226 Å². The zero-order valence-corrected chi connectivity index (χ0v) is 23.3. The lowest BCUT2D eigenvalue weighted by Gasteiger charge is -2.15. The van der Waals surface area contributed by atoms with Gasteiger partial charge in [0.2, 0.25) is 15.9 Å². The normalized spacial score (nSPS) is 11.7. The highest BCUT2D eigenvalue weighted by atomic mass is 35.5. The molecule has 3 aromatic rings. The zero-order chi connectivity index (χ0) is 28.2. The SMILES string of the molecule is Cc1c(C(=O)NCC(C)C)nn(-c2ccc(Cl)cc2)c1Oc1ccc([N+](=O)[O-])cc1S(=O)(=O)NCC(C)C. The van der Waals surface area contributed by atoms with Gasteiger partial charge in [0.05, 0.1) is 10.6 Å². The van der Waals surface area contributed by atoms with Crippen molar-refractivity contribution in [3.05, 3.63) is 68.9 Å². The highest BCUT2D eigenvalue weighted by Crippen LogP contribution is 2.36. The molecule has 0 bridgehead atoms. The number of aromatic nitrogens is 2. The number of nitro groups is 1. The number of benzene rings is 2. The number of carbonyl (C=O) groups is 1. The molecular formula is C25H30ClN5O6S. The Bertz CT molecular complexity index is 1440. The molecule has 0 aliphatic rings. The quantitative estimate of drug-likeness (QED) is 0.250. The van der Waals surface area contributed by atoms with Crippen LogP contribution in [0.25, 0.3) is 5.69 Å². The minimum Gasteiger partial charge on any atom is -0.437 e. The molecule has 38 heavy (non-hydrogen) atoms. The molecule has 2 N–H and O–H groups in total. The van der Waals surface area contributed by atoms with Gasteiger partial charge < -0.3 is 10.1 Å². The predicted molar refractivity (Wildman–Crippen MR) is 144 cm³/mol. The standard InChI is InChI=1S/C25H30ClN5O6S/c1-15(2)13-27-24(32)23-17(5)25(30(29-23)19-8-6-18(26)7-9-19)37-21-11-10-20(31(33)34)12-22(21)38(35,36)28-14-16(3)4/h6-12,15-16,28H,13-14H2,1-5H3,(H,27,32). The van der Waals surface area contributed by atoms with Gasteiger partial charge in [-0.1, -0.05) is 39.3 Å². The first kappa shape index (κ1) is 29.1. The van der Waals surface area contributed by atoms with Gasteiger partial charge in [0.1, 0.15) is 10.6 Å². The molecule has 2 aromatic carbocycles. The maximum atomic E-state index is 13.1. The fourth-order valence-electron chi connectivity index (χ4n) is 3.32. The predicted octanol–water partition coefficient (Wildman–Crippen LogP) is 4.85. The first-order chi connectivity index (χ1) is 17.8. The van der Waals surface area contributed by atoms with Gasteiger partial charge in [-0.05, 0) is 49.1 Å². The fraction of sp³-hybridized carbons (Fsp3) is 0.360. The van der Waals surface area contributed by atoms with Crippen molar-refractivity contribution in [2.24, 2.45) is 11.8 Å². The third kappa shape index (κ3) is 6.88. The van der Waals surface area contributed by atoms with E-state index in [0.29, 0.717) is 22.8 Å². The molecule has 1 amide bonds. The Morgan fingerprint density at radius 3 is 2.32 bits per heavy atom. The summed E-state index contributed by atoms with van der Waals surface area (Å²) in [6.45, 7) is 9.73. The van der Waals surface area contributed by atoms with Crippen LogP contribution in [0.15, 0.2) is 47.4 Å². The molecule has 204 valence electrons. The number of halogens is 1. The van der Waals surface area contributed by atoms with Gasteiger partial charge in [0, 0.05) is 35.8 Å². The first-order valence-electron chi connectivity index (χ1n) is 11.9. The summed E-state index contributed by atoms with van der Waals surface area (Å²) in [6.07, 6.45) is 0. The summed E-state index contributed by atoms with van der Waals surface area (Å²) in [4.78, 5) is 23.2. The number of non-ortho nitro benzene ring substituents is 1. The Kier molecular flexibility index (Phi) is 9.13. The van der Waals surface area contributed by atoms with E-state index in [1.165, 1.54) is 10.7 Å². The molecule has 0 aliphatic carbocycles. The van der Waals surface area contributed by atoms with Crippen molar-refractivity contribution in [3.63, 3.8) is 0 Å². The second kappa shape index (κ2) is 11.9. The first-order valence-corrected chi connectivity index (χ1v) is 13.8. The minimum atomic E-state index is -4.19. The van der Waals surface area contributed by atoms with Crippen LogP contribution in [-0.2, 0) is 10.0 Å². The van der Waals surface area contributed by atoms with E-state index in [4.69, 9.17) is 16.3 Å². The average molecular weight is 564 g/mol. The molecule has 0 spiro atoms. The van der Waals surface area contributed by atoms with Crippen molar-refractivity contribution < 1.29 is 22.9 Å². The van der Waals surface area contributed by atoms with E-state index in [9.17, 15) is 23.3 Å². The molecule has 0 aliphatic heterocycles. The van der Waals surface area contributed by atoms with Gasteiger partial charge in [-0.2, -0.15) is 9.78 Å². The van der Waals surface area contributed by atoms with Crippen molar-refractivity contribution in [2.75, 3.05) is 13.1 Å². The van der Waals surface area contributed by atoms with Crippen molar-refractivity contribution in [1.29, 1.82) is 0 Å². The van der Waals surface area contributed by atoms with Gasteiger partial charge in [-0.3, -0.25) is 14.9 Å². The average Bonchev–Trinajstić information content (AvgIpc) is 3.17. The summed E-state index contributed by atoms with van der Waals surface area (Å²) in [5, 5.41) is 19.1. The van der Waals surface area contributed by atoms with Crippen molar-refractivity contribution in [2.45, 2.75) is 39.5 Å². The van der Waals surface area contributed by atoms with Crippen molar-refractivity contribution in [1.82, 2.24) is 19.8 Å². The number of nitrogens with one attached hydrogen (secondary N) is 2. The van der Waals surface area contributed by atoms with Gasteiger partial charge in [-0.25, -0.2) is 13.1 Å². The molecule has 0 radical (unpaired) electrons. The number of rotatable bonds is 11. The lowest BCUT2D eigenvalue weighted by Crippen LogP contribution is -2.28. The molecule has 0 saturated carbocycles. The number of nitro benzene ring substituents is 1. The van der Waals surface area contributed by atoms with Gasteiger partial charge in [-0.15, -0.1) is 0 Å². The number of amides is 1. The van der Waals surface area contributed by atoms with Crippen LogP contribution in [0.5, 0.6) is 11.6 Å². The smallest absolute Gasteiger partial charge is 0.272 e.